The van der Waals surface area contributed by atoms with Crippen LogP contribution < -0.4 is 5.73 Å². The second-order valence-corrected chi connectivity index (χ2v) is 5.38. The van der Waals surface area contributed by atoms with Gasteiger partial charge >= 0.3 is 6.18 Å². The lowest BCUT2D eigenvalue weighted by atomic mass is 10.2. The molecule has 5 nitrogen and oxygen atoms in total. The highest BCUT2D eigenvalue weighted by atomic mass is 32.1. The summed E-state index contributed by atoms with van der Waals surface area (Å²) in [6, 6.07) is -0.0210. The first kappa shape index (κ1) is 18.1. The maximum Gasteiger partial charge on any atom is 0.411 e. The van der Waals surface area contributed by atoms with Crippen LogP contribution in [0.1, 0.15) is 13.3 Å². The largest absolute Gasteiger partial charge is 0.411 e. The molecule has 1 rings (SSSR count). The van der Waals surface area contributed by atoms with Gasteiger partial charge in [0.1, 0.15) is 6.61 Å². The SMILES string of the molecule is CC(C(N)=S)N1CCN(C(=O)CCOCC(F)(F)F)CC1. The summed E-state index contributed by atoms with van der Waals surface area (Å²) < 4.78 is 40.0. The summed E-state index contributed by atoms with van der Waals surface area (Å²) in [5.41, 5.74) is 5.58. The standard InChI is InChI=1S/C12H20F3N3O2S/c1-9(11(16)21)17-3-5-18(6-4-17)10(19)2-7-20-8-12(13,14)15/h9H,2-8H2,1H3,(H2,16,21). The number of ether oxygens (including phenoxy) is 1. The summed E-state index contributed by atoms with van der Waals surface area (Å²) in [4.78, 5) is 15.9. The van der Waals surface area contributed by atoms with Crippen LogP contribution in [0.2, 0.25) is 0 Å². The van der Waals surface area contributed by atoms with E-state index in [1.807, 2.05) is 6.92 Å². The molecule has 1 heterocycles. The Balaban J connectivity index is 2.24. The molecule has 1 aliphatic rings. The van der Waals surface area contributed by atoms with Gasteiger partial charge in [0, 0.05) is 26.2 Å². The number of amides is 1. The molecule has 0 bridgehead atoms. The number of carbonyl (C=O) groups is 1. The Morgan fingerprint density at radius 2 is 1.90 bits per heavy atom. The first-order valence-electron chi connectivity index (χ1n) is 6.66. The summed E-state index contributed by atoms with van der Waals surface area (Å²) in [5.74, 6) is -0.195. The zero-order chi connectivity index (χ0) is 16.0. The highest BCUT2D eigenvalue weighted by Crippen LogP contribution is 2.14. The van der Waals surface area contributed by atoms with Crippen LogP contribution in [-0.4, -0.2) is 72.3 Å². The topological polar surface area (TPSA) is 58.8 Å². The Morgan fingerprint density at radius 1 is 1.33 bits per heavy atom. The summed E-state index contributed by atoms with van der Waals surface area (Å²) in [5, 5.41) is 0. The predicted molar refractivity (Wildman–Crippen MR) is 75.9 cm³/mol. The zero-order valence-electron chi connectivity index (χ0n) is 11.9. The minimum absolute atomic E-state index is 0.0210. The van der Waals surface area contributed by atoms with E-state index in [0.717, 1.165) is 0 Å². The second kappa shape index (κ2) is 7.90. The van der Waals surface area contributed by atoms with Crippen molar-refractivity contribution in [1.82, 2.24) is 9.80 Å². The third-order valence-electron chi connectivity index (χ3n) is 3.35. The first-order valence-corrected chi connectivity index (χ1v) is 7.07. The molecule has 0 aromatic carbocycles. The predicted octanol–water partition coefficient (Wildman–Crippen LogP) is 0.774. The molecule has 0 radical (unpaired) electrons. The van der Waals surface area contributed by atoms with E-state index in [0.29, 0.717) is 31.2 Å². The minimum atomic E-state index is -4.36. The highest BCUT2D eigenvalue weighted by Gasteiger charge is 2.28. The van der Waals surface area contributed by atoms with Crippen LogP contribution in [-0.2, 0) is 9.53 Å². The first-order chi connectivity index (χ1) is 9.70. The molecule has 0 aromatic rings. The lowest BCUT2D eigenvalue weighted by Crippen LogP contribution is -2.54. The third kappa shape index (κ3) is 6.58. The summed E-state index contributed by atoms with van der Waals surface area (Å²) >= 11 is 4.93. The van der Waals surface area contributed by atoms with Gasteiger partial charge in [-0.15, -0.1) is 0 Å². The smallest absolute Gasteiger partial charge is 0.392 e. The van der Waals surface area contributed by atoms with Gasteiger partial charge in [-0.1, -0.05) is 12.2 Å². The average Bonchev–Trinajstić information content (AvgIpc) is 2.41. The van der Waals surface area contributed by atoms with Crippen molar-refractivity contribution >= 4 is 23.1 Å². The van der Waals surface area contributed by atoms with Gasteiger partial charge in [-0.2, -0.15) is 13.2 Å². The maximum atomic E-state index is 11.9. The molecule has 1 aliphatic heterocycles. The summed E-state index contributed by atoms with van der Waals surface area (Å²) in [7, 11) is 0. The zero-order valence-corrected chi connectivity index (χ0v) is 12.7. The molecular formula is C12H20F3N3O2S. The normalized spacial score (nSPS) is 18.6. The Labute approximate surface area is 127 Å². The number of nitrogens with zero attached hydrogens (tertiary/aromatic N) is 2. The Bertz CT molecular complexity index is 371. The van der Waals surface area contributed by atoms with Crippen LogP contribution in [0.4, 0.5) is 13.2 Å². The number of hydrogen-bond donors (Lipinski definition) is 1. The van der Waals surface area contributed by atoms with Crippen LogP contribution in [0.5, 0.6) is 0 Å². The average molecular weight is 327 g/mol. The van der Waals surface area contributed by atoms with E-state index in [-0.39, 0.29) is 25.0 Å². The highest BCUT2D eigenvalue weighted by molar-refractivity contribution is 7.80. The van der Waals surface area contributed by atoms with Crippen molar-refractivity contribution in [3.63, 3.8) is 0 Å². The van der Waals surface area contributed by atoms with Crippen molar-refractivity contribution in [2.24, 2.45) is 5.73 Å². The second-order valence-electron chi connectivity index (χ2n) is 4.91. The molecule has 1 atom stereocenters. The van der Waals surface area contributed by atoms with E-state index in [1.165, 1.54) is 0 Å². The van der Waals surface area contributed by atoms with Crippen molar-refractivity contribution in [2.45, 2.75) is 25.6 Å². The van der Waals surface area contributed by atoms with Gasteiger partial charge in [-0.3, -0.25) is 9.69 Å². The summed E-state index contributed by atoms with van der Waals surface area (Å²) in [6.45, 7) is 2.70. The minimum Gasteiger partial charge on any atom is -0.392 e. The number of hydrogen-bond acceptors (Lipinski definition) is 4. The van der Waals surface area contributed by atoms with E-state index in [1.54, 1.807) is 4.90 Å². The van der Waals surface area contributed by atoms with Crippen molar-refractivity contribution in [3.05, 3.63) is 0 Å². The number of carbonyl (C=O) groups excluding carboxylic acids is 1. The lowest BCUT2D eigenvalue weighted by molar-refractivity contribution is -0.175. The Morgan fingerprint density at radius 3 is 2.38 bits per heavy atom. The monoisotopic (exact) mass is 327 g/mol. The number of piperazine rings is 1. The molecule has 122 valence electrons. The maximum absolute atomic E-state index is 11.9. The van der Waals surface area contributed by atoms with Crippen molar-refractivity contribution < 1.29 is 22.7 Å². The van der Waals surface area contributed by atoms with Gasteiger partial charge in [0.05, 0.1) is 24.1 Å². The van der Waals surface area contributed by atoms with Crippen molar-refractivity contribution in [3.8, 4) is 0 Å². The molecular weight excluding hydrogens is 307 g/mol. The molecule has 1 fully saturated rings. The van der Waals surface area contributed by atoms with Crippen LogP contribution in [0.3, 0.4) is 0 Å². The quantitative estimate of drug-likeness (QED) is 0.577. The fourth-order valence-corrected chi connectivity index (χ4v) is 2.19. The number of rotatable bonds is 6. The molecule has 1 amide bonds. The number of nitrogens with two attached hydrogens (primary N) is 1. The van der Waals surface area contributed by atoms with Crippen molar-refractivity contribution in [2.75, 3.05) is 39.4 Å². The molecule has 0 aromatic heterocycles. The fraction of sp³-hybridized carbons (Fsp3) is 0.833. The van der Waals surface area contributed by atoms with E-state index >= 15 is 0 Å². The third-order valence-corrected chi connectivity index (χ3v) is 3.69. The molecule has 0 aliphatic carbocycles. The van der Waals surface area contributed by atoms with Crippen molar-refractivity contribution in [1.29, 1.82) is 0 Å². The van der Waals surface area contributed by atoms with E-state index in [2.05, 4.69) is 9.64 Å². The molecule has 1 unspecified atom stereocenters. The molecule has 1 saturated heterocycles. The van der Waals surface area contributed by atoms with Gasteiger partial charge in [0.2, 0.25) is 5.91 Å². The van der Waals surface area contributed by atoms with Gasteiger partial charge in [0.15, 0.2) is 0 Å². The number of thiocarbonyl (C=S) groups is 1. The molecule has 21 heavy (non-hydrogen) atoms. The Hall–Kier alpha value is -0.930. The molecule has 0 spiro atoms. The van der Waals surface area contributed by atoms with E-state index in [4.69, 9.17) is 18.0 Å². The number of halogens is 3. The van der Waals surface area contributed by atoms with Gasteiger partial charge in [0.25, 0.3) is 0 Å². The lowest BCUT2D eigenvalue weighted by Gasteiger charge is -2.37. The number of alkyl halides is 3. The molecule has 9 heteroatoms. The summed E-state index contributed by atoms with van der Waals surface area (Å²) in [6.07, 6.45) is -4.40. The Kier molecular flexibility index (Phi) is 6.82. The van der Waals surface area contributed by atoms with E-state index in [9.17, 15) is 18.0 Å². The van der Waals surface area contributed by atoms with Crippen LogP contribution in [0.25, 0.3) is 0 Å². The fourth-order valence-electron chi connectivity index (χ4n) is 2.04. The van der Waals surface area contributed by atoms with Gasteiger partial charge in [-0.25, -0.2) is 0 Å². The van der Waals surface area contributed by atoms with Gasteiger partial charge < -0.3 is 15.4 Å². The van der Waals surface area contributed by atoms with Crippen LogP contribution >= 0.6 is 12.2 Å². The van der Waals surface area contributed by atoms with Gasteiger partial charge in [-0.05, 0) is 6.92 Å². The van der Waals surface area contributed by atoms with E-state index < -0.39 is 12.8 Å². The molecule has 0 saturated carbocycles. The van der Waals surface area contributed by atoms with Crippen LogP contribution in [0.15, 0.2) is 0 Å². The van der Waals surface area contributed by atoms with Crippen LogP contribution in [0, 0.1) is 0 Å². The molecule has 2 N–H and O–H groups in total.